The number of hydrogen-bond acceptors (Lipinski definition) is 3. The molecule has 1 fully saturated rings. The Morgan fingerprint density at radius 3 is 2.38 bits per heavy atom. The maximum Gasteiger partial charge on any atom is 0.244 e. The van der Waals surface area contributed by atoms with Crippen LogP contribution in [0.3, 0.4) is 0 Å². The van der Waals surface area contributed by atoms with E-state index in [1.54, 1.807) is 25.2 Å². The first kappa shape index (κ1) is 16.7. The molecule has 1 aromatic carbocycles. The summed E-state index contributed by atoms with van der Waals surface area (Å²) in [4.78, 5) is 0.174. The zero-order chi connectivity index (χ0) is 15.5. The number of benzene rings is 1. The Morgan fingerprint density at radius 2 is 1.86 bits per heavy atom. The van der Waals surface area contributed by atoms with Gasteiger partial charge in [-0.05, 0) is 30.5 Å². The lowest BCUT2D eigenvalue weighted by Crippen LogP contribution is -2.36. The molecule has 6 heteroatoms. The van der Waals surface area contributed by atoms with Gasteiger partial charge in [0.25, 0.3) is 0 Å². The summed E-state index contributed by atoms with van der Waals surface area (Å²) >= 11 is 6.15. The van der Waals surface area contributed by atoms with Gasteiger partial charge in [0, 0.05) is 19.6 Å². The van der Waals surface area contributed by atoms with Gasteiger partial charge in [-0.3, -0.25) is 0 Å². The molecule has 1 aliphatic carbocycles. The topological polar surface area (TPSA) is 63.4 Å². The lowest BCUT2D eigenvalue weighted by atomic mass is 10.1. The van der Waals surface area contributed by atoms with E-state index >= 15 is 0 Å². The molecule has 1 aliphatic rings. The lowest BCUT2D eigenvalue weighted by molar-refractivity contribution is 0.336. The molecule has 0 heterocycles. The predicted molar refractivity (Wildman–Crippen MR) is 85.8 cm³/mol. The quantitative estimate of drug-likeness (QED) is 0.862. The van der Waals surface area contributed by atoms with E-state index in [1.165, 1.54) is 17.1 Å². The first-order valence-corrected chi connectivity index (χ1v) is 9.25. The van der Waals surface area contributed by atoms with Crippen molar-refractivity contribution in [3.63, 3.8) is 0 Å². The number of halogens is 1. The van der Waals surface area contributed by atoms with Crippen LogP contribution >= 0.6 is 11.6 Å². The fraction of sp³-hybridized carbons (Fsp3) is 0.600. The van der Waals surface area contributed by atoms with Crippen molar-refractivity contribution in [2.24, 2.45) is 5.73 Å². The highest BCUT2D eigenvalue weighted by Gasteiger charge is 2.29. The van der Waals surface area contributed by atoms with Crippen LogP contribution in [-0.2, 0) is 16.6 Å². The summed E-state index contributed by atoms with van der Waals surface area (Å²) in [6, 6.07) is 4.99. The van der Waals surface area contributed by atoms with Gasteiger partial charge in [0.2, 0.25) is 10.0 Å². The van der Waals surface area contributed by atoms with E-state index in [0.717, 1.165) is 31.2 Å². The van der Waals surface area contributed by atoms with Crippen LogP contribution in [0.1, 0.15) is 44.1 Å². The zero-order valence-electron chi connectivity index (χ0n) is 12.4. The third-order valence-electron chi connectivity index (χ3n) is 4.23. The van der Waals surface area contributed by atoms with Crippen LogP contribution in [0, 0.1) is 0 Å². The van der Waals surface area contributed by atoms with Gasteiger partial charge in [0.15, 0.2) is 0 Å². The summed E-state index contributed by atoms with van der Waals surface area (Å²) in [5.74, 6) is 0. The summed E-state index contributed by atoms with van der Waals surface area (Å²) in [5, 5.41) is 0.249. The Balaban J connectivity index is 2.27. The van der Waals surface area contributed by atoms with Crippen LogP contribution < -0.4 is 5.73 Å². The molecule has 0 radical (unpaired) electrons. The molecule has 0 amide bonds. The molecular formula is C15H23ClN2O2S. The van der Waals surface area contributed by atoms with Gasteiger partial charge in [0.1, 0.15) is 4.90 Å². The van der Waals surface area contributed by atoms with E-state index < -0.39 is 10.0 Å². The maximum absolute atomic E-state index is 12.8. The second-order valence-electron chi connectivity index (χ2n) is 5.64. The Labute approximate surface area is 132 Å². The molecule has 1 saturated carbocycles. The van der Waals surface area contributed by atoms with Gasteiger partial charge in [-0.25, -0.2) is 8.42 Å². The Bertz CT molecular complexity index is 581. The average molecular weight is 331 g/mol. The molecule has 21 heavy (non-hydrogen) atoms. The summed E-state index contributed by atoms with van der Waals surface area (Å²) < 4.78 is 27.1. The average Bonchev–Trinajstić information content (AvgIpc) is 2.74. The van der Waals surface area contributed by atoms with Gasteiger partial charge in [-0.1, -0.05) is 43.4 Å². The molecule has 118 valence electrons. The number of hydrogen-bond donors (Lipinski definition) is 1. The first-order chi connectivity index (χ1) is 9.96. The second kappa shape index (κ2) is 7.09. The minimum atomic E-state index is -3.55. The highest BCUT2D eigenvalue weighted by Crippen LogP contribution is 2.29. The molecule has 2 rings (SSSR count). The summed E-state index contributed by atoms with van der Waals surface area (Å²) in [5.41, 5.74) is 6.38. The number of sulfonamides is 1. The standard InChI is InChI=1S/C15H23ClN2O2S/c1-18(13-6-4-2-3-5-7-13)21(19,20)15-9-8-12(11-17)10-14(15)16/h8-10,13H,2-7,11,17H2,1H3. The van der Waals surface area contributed by atoms with E-state index in [4.69, 9.17) is 17.3 Å². The third-order valence-corrected chi connectivity index (χ3v) is 6.62. The first-order valence-electron chi connectivity index (χ1n) is 7.43. The maximum atomic E-state index is 12.8. The van der Waals surface area contributed by atoms with Crippen molar-refractivity contribution in [2.45, 2.75) is 56.0 Å². The molecule has 0 aromatic heterocycles. The van der Waals surface area contributed by atoms with E-state index in [0.29, 0.717) is 6.54 Å². The number of nitrogens with zero attached hydrogens (tertiary/aromatic N) is 1. The highest BCUT2D eigenvalue weighted by molar-refractivity contribution is 7.89. The Kier molecular flexibility index (Phi) is 5.66. The fourth-order valence-corrected chi connectivity index (χ4v) is 4.81. The van der Waals surface area contributed by atoms with Crippen molar-refractivity contribution in [3.8, 4) is 0 Å². The van der Waals surface area contributed by atoms with Crippen LogP contribution in [0.25, 0.3) is 0 Å². The molecule has 1 aromatic rings. The van der Waals surface area contributed by atoms with E-state index in [-0.39, 0.29) is 16.0 Å². The smallest absolute Gasteiger partial charge is 0.244 e. The van der Waals surface area contributed by atoms with E-state index in [1.807, 2.05) is 0 Å². The molecule has 0 unspecified atom stereocenters. The van der Waals surface area contributed by atoms with Crippen LogP contribution in [0.15, 0.2) is 23.1 Å². The summed E-state index contributed by atoms with van der Waals surface area (Å²) in [6.07, 6.45) is 6.41. The van der Waals surface area contributed by atoms with Crippen molar-refractivity contribution in [3.05, 3.63) is 28.8 Å². The molecule has 0 bridgehead atoms. The number of rotatable bonds is 4. The van der Waals surface area contributed by atoms with Crippen LogP contribution in [-0.4, -0.2) is 25.8 Å². The van der Waals surface area contributed by atoms with Crippen LogP contribution in [0.5, 0.6) is 0 Å². The highest BCUT2D eigenvalue weighted by atomic mass is 35.5. The second-order valence-corrected chi connectivity index (χ2v) is 8.01. The zero-order valence-corrected chi connectivity index (χ0v) is 14.0. The molecule has 2 N–H and O–H groups in total. The van der Waals surface area contributed by atoms with Crippen molar-refractivity contribution in [1.82, 2.24) is 4.31 Å². The normalized spacial score (nSPS) is 17.9. The Hall–Kier alpha value is -0.620. The predicted octanol–water partition coefficient (Wildman–Crippen LogP) is 3.14. The van der Waals surface area contributed by atoms with Gasteiger partial charge < -0.3 is 5.73 Å². The largest absolute Gasteiger partial charge is 0.326 e. The van der Waals surface area contributed by atoms with Crippen LogP contribution in [0.4, 0.5) is 0 Å². The van der Waals surface area contributed by atoms with Gasteiger partial charge in [-0.15, -0.1) is 0 Å². The molecule has 4 nitrogen and oxygen atoms in total. The molecule has 0 aliphatic heterocycles. The van der Waals surface area contributed by atoms with Gasteiger partial charge >= 0.3 is 0 Å². The lowest BCUT2D eigenvalue weighted by Gasteiger charge is -2.26. The molecule has 0 saturated heterocycles. The van der Waals surface area contributed by atoms with Crippen molar-refractivity contribution < 1.29 is 8.42 Å². The van der Waals surface area contributed by atoms with E-state index in [2.05, 4.69) is 0 Å². The monoisotopic (exact) mass is 330 g/mol. The van der Waals surface area contributed by atoms with Crippen molar-refractivity contribution in [2.75, 3.05) is 7.05 Å². The van der Waals surface area contributed by atoms with Crippen molar-refractivity contribution >= 4 is 21.6 Å². The molecule has 0 spiro atoms. The summed E-state index contributed by atoms with van der Waals surface area (Å²) in [6.45, 7) is 0.346. The minimum Gasteiger partial charge on any atom is -0.326 e. The molecule has 0 atom stereocenters. The van der Waals surface area contributed by atoms with E-state index in [9.17, 15) is 8.42 Å². The third kappa shape index (κ3) is 3.77. The molecular weight excluding hydrogens is 308 g/mol. The summed E-state index contributed by atoms with van der Waals surface area (Å²) in [7, 11) is -1.88. The Morgan fingerprint density at radius 1 is 1.24 bits per heavy atom. The van der Waals surface area contributed by atoms with Gasteiger partial charge in [0.05, 0.1) is 5.02 Å². The number of nitrogens with two attached hydrogens (primary N) is 1. The van der Waals surface area contributed by atoms with Crippen molar-refractivity contribution in [1.29, 1.82) is 0 Å². The van der Waals surface area contributed by atoms with Gasteiger partial charge in [-0.2, -0.15) is 4.31 Å². The fourth-order valence-electron chi connectivity index (χ4n) is 2.85. The van der Waals surface area contributed by atoms with Crippen LogP contribution in [0.2, 0.25) is 5.02 Å². The SMILES string of the molecule is CN(C1CCCCCC1)S(=O)(=O)c1ccc(CN)cc1Cl. The minimum absolute atomic E-state index is 0.0720.